The van der Waals surface area contributed by atoms with E-state index < -0.39 is 0 Å². The smallest absolute Gasteiger partial charge is 0.253 e. The SMILES string of the molecule is CCCn1c([C@H]2CCN(C(=O)c3ccc(OC)cc3)C2)nc2cccnc21. The van der Waals surface area contributed by atoms with Crippen molar-refractivity contribution in [2.75, 3.05) is 20.2 Å². The van der Waals surface area contributed by atoms with Crippen molar-refractivity contribution in [1.82, 2.24) is 19.4 Å². The van der Waals surface area contributed by atoms with E-state index in [4.69, 9.17) is 9.72 Å². The van der Waals surface area contributed by atoms with Crippen LogP contribution >= 0.6 is 0 Å². The molecule has 1 aromatic carbocycles. The average molecular weight is 364 g/mol. The van der Waals surface area contributed by atoms with E-state index in [1.54, 1.807) is 7.11 Å². The van der Waals surface area contributed by atoms with E-state index >= 15 is 0 Å². The van der Waals surface area contributed by atoms with E-state index in [0.717, 1.165) is 48.7 Å². The Labute approximate surface area is 158 Å². The van der Waals surface area contributed by atoms with Gasteiger partial charge in [0.15, 0.2) is 5.65 Å². The van der Waals surface area contributed by atoms with Crippen molar-refractivity contribution < 1.29 is 9.53 Å². The highest BCUT2D eigenvalue weighted by Crippen LogP contribution is 2.30. The van der Waals surface area contributed by atoms with Crippen LogP contribution in [0.15, 0.2) is 42.6 Å². The molecule has 0 radical (unpaired) electrons. The molecule has 1 aliphatic rings. The predicted molar refractivity (Wildman–Crippen MR) is 104 cm³/mol. The first-order valence-electron chi connectivity index (χ1n) is 9.45. The second-order valence-electron chi connectivity index (χ2n) is 6.93. The normalized spacial score (nSPS) is 16.8. The quantitative estimate of drug-likeness (QED) is 0.695. The minimum absolute atomic E-state index is 0.0661. The number of hydrogen-bond donors (Lipinski definition) is 0. The summed E-state index contributed by atoms with van der Waals surface area (Å²) in [6, 6.07) is 11.2. The van der Waals surface area contributed by atoms with Gasteiger partial charge in [0.05, 0.1) is 7.11 Å². The first kappa shape index (κ1) is 17.5. The van der Waals surface area contributed by atoms with Crippen LogP contribution in [0.25, 0.3) is 11.2 Å². The van der Waals surface area contributed by atoms with Gasteiger partial charge in [-0.1, -0.05) is 6.92 Å². The number of methoxy groups -OCH3 is 1. The van der Waals surface area contributed by atoms with Crippen LogP contribution < -0.4 is 4.74 Å². The third-order valence-corrected chi connectivity index (χ3v) is 5.16. The highest BCUT2D eigenvalue weighted by molar-refractivity contribution is 5.94. The fraction of sp³-hybridized carbons (Fsp3) is 0.381. The van der Waals surface area contributed by atoms with Crippen molar-refractivity contribution in [2.24, 2.45) is 0 Å². The lowest BCUT2D eigenvalue weighted by Crippen LogP contribution is -2.28. The second-order valence-corrected chi connectivity index (χ2v) is 6.93. The number of likely N-dealkylation sites (tertiary alicyclic amines) is 1. The molecule has 0 bridgehead atoms. The summed E-state index contributed by atoms with van der Waals surface area (Å²) >= 11 is 0. The number of carbonyl (C=O) groups excluding carboxylic acids is 1. The molecule has 6 nitrogen and oxygen atoms in total. The first-order valence-corrected chi connectivity index (χ1v) is 9.45. The van der Waals surface area contributed by atoms with Gasteiger partial charge in [0.25, 0.3) is 5.91 Å². The van der Waals surface area contributed by atoms with E-state index in [1.807, 2.05) is 47.5 Å². The number of rotatable bonds is 5. The molecular formula is C21H24N4O2. The maximum Gasteiger partial charge on any atom is 0.253 e. The van der Waals surface area contributed by atoms with E-state index in [0.29, 0.717) is 12.1 Å². The molecule has 1 fully saturated rings. The van der Waals surface area contributed by atoms with Crippen LogP contribution in [-0.2, 0) is 6.54 Å². The summed E-state index contributed by atoms with van der Waals surface area (Å²) in [5, 5.41) is 0. The summed E-state index contributed by atoms with van der Waals surface area (Å²) in [6.45, 7) is 4.49. The van der Waals surface area contributed by atoms with Crippen LogP contribution in [0.4, 0.5) is 0 Å². The van der Waals surface area contributed by atoms with E-state index in [-0.39, 0.29) is 11.8 Å². The Hall–Kier alpha value is -2.89. The number of pyridine rings is 1. The fourth-order valence-corrected chi connectivity index (χ4v) is 3.80. The van der Waals surface area contributed by atoms with E-state index in [1.165, 1.54) is 0 Å². The summed E-state index contributed by atoms with van der Waals surface area (Å²) in [4.78, 5) is 24.1. The molecule has 3 heterocycles. The molecule has 0 saturated carbocycles. The maximum absolute atomic E-state index is 12.9. The van der Waals surface area contributed by atoms with Crippen LogP contribution in [0.1, 0.15) is 41.9 Å². The third kappa shape index (κ3) is 3.27. The lowest BCUT2D eigenvalue weighted by Gasteiger charge is -2.17. The van der Waals surface area contributed by atoms with Crippen LogP contribution in [-0.4, -0.2) is 45.5 Å². The van der Waals surface area contributed by atoms with Gasteiger partial charge >= 0.3 is 0 Å². The van der Waals surface area contributed by atoms with Gasteiger partial charge in [-0.25, -0.2) is 9.97 Å². The highest BCUT2D eigenvalue weighted by Gasteiger charge is 2.31. The Kier molecular flexibility index (Phi) is 4.79. The van der Waals surface area contributed by atoms with Crippen LogP contribution in [0.3, 0.4) is 0 Å². The standard InChI is InChI=1S/C21H24N4O2/c1-3-12-25-19(23-18-5-4-11-22-20(18)25)16-10-13-24(14-16)21(26)15-6-8-17(27-2)9-7-15/h4-9,11,16H,3,10,12-14H2,1-2H3/t16-/m0/s1. The highest BCUT2D eigenvalue weighted by atomic mass is 16.5. The average Bonchev–Trinajstić information content (AvgIpc) is 3.33. The Bertz CT molecular complexity index is 948. The molecule has 0 spiro atoms. The number of fused-ring (bicyclic) bond motifs is 1. The van der Waals surface area contributed by atoms with Crippen molar-refractivity contribution in [3.63, 3.8) is 0 Å². The zero-order valence-corrected chi connectivity index (χ0v) is 15.8. The topological polar surface area (TPSA) is 60.2 Å². The minimum Gasteiger partial charge on any atom is -0.497 e. The van der Waals surface area contributed by atoms with E-state index in [9.17, 15) is 4.79 Å². The number of hydrogen-bond acceptors (Lipinski definition) is 4. The van der Waals surface area contributed by atoms with Gasteiger partial charge in [0, 0.05) is 37.3 Å². The monoisotopic (exact) mass is 364 g/mol. The Balaban J connectivity index is 1.56. The van der Waals surface area contributed by atoms with Crippen molar-refractivity contribution in [2.45, 2.75) is 32.2 Å². The Morgan fingerprint density at radius 1 is 1.26 bits per heavy atom. The van der Waals surface area contributed by atoms with Gasteiger partial charge in [-0.05, 0) is 49.2 Å². The zero-order valence-electron chi connectivity index (χ0n) is 15.8. The molecule has 4 rings (SSSR count). The summed E-state index contributed by atoms with van der Waals surface area (Å²) in [7, 11) is 1.62. The van der Waals surface area contributed by atoms with E-state index in [2.05, 4.69) is 16.5 Å². The number of imidazole rings is 1. The molecule has 140 valence electrons. The van der Waals surface area contributed by atoms with Gasteiger partial charge in [0.2, 0.25) is 0 Å². The molecule has 3 aromatic rings. The fourth-order valence-electron chi connectivity index (χ4n) is 3.80. The Morgan fingerprint density at radius 3 is 2.81 bits per heavy atom. The molecular weight excluding hydrogens is 340 g/mol. The minimum atomic E-state index is 0.0661. The molecule has 1 saturated heterocycles. The van der Waals surface area contributed by atoms with Crippen LogP contribution in [0.2, 0.25) is 0 Å². The van der Waals surface area contributed by atoms with Gasteiger partial charge < -0.3 is 14.2 Å². The van der Waals surface area contributed by atoms with Gasteiger partial charge in [-0.15, -0.1) is 0 Å². The number of amides is 1. The third-order valence-electron chi connectivity index (χ3n) is 5.16. The van der Waals surface area contributed by atoms with Crippen LogP contribution in [0.5, 0.6) is 5.75 Å². The number of carbonyl (C=O) groups is 1. The van der Waals surface area contributed by atoms with Gasteiger partial charge in [-0.2, -0.15) is 0 Å². The summed E-state index contributed by atoms with van der Waals surface area (Å²) in [6.07, 6.45) is 3.76. The molecule has 0 N–H and O–H groups in total. The molecule has 1 amide bonds. The zero-order chi connectivity index (χ0) is 18.8. The number of aryl methyl sites for hydroxylation is 1. The number of benzene rings is 1. The van der Waals surface area contributed by atoms with Crippen molar-refractivity contribution >= 4 is 17.1 Å². The van der Waals surface area contributed by atoms with Gasteiger partial charge in [0.1, 0.15) is 17.1 Å². The Morgan fingerprint density at radius 2 is 2.07 bits per heavy atom. The number of nitrogens with zero attached hydrogens (tertiary/aromatic N) is 4. The summed E-state index contributed by atoms with van der Waals surface area (Å²) in [5.41, 5.74) is 2.57. The molecule has 1 aliphatic heterocycles. The molecule has 27 heavy (non-hydrogen) atoms. The van der Waals surface area contributed by atoms with Crippen molar-refractivity contribution in [3.8, 4) is 5.75 Å². The van der Waals surface area contributed by atoms with Crippen molar-refractivity contribution in [3.05, 3.63) is 54.0 Å². The molecule has 0 aliphatic carbocycles. The summed E-state index contributed by atoms with van der Waals surface area (Å²) < 4.78 is 7.40. The predicted octanol–water partition coefficient (Wildman–Crippen LogP) is 3.48. The first-order chi connectivity index (χ1) is 13.2. The maximum atomic E-state index is 12.9. The largest absolute Gasteiger partial charge is 0.497 e. The van der Waals surface area contributed by atoms with Gasteiger partial charge in [-0.3, -0.25) is 4.79 Å². The molecule has 6 heteroatoms. The van der Waals surface area contributed by atoms with Crippen LogP contribution in [0, 0.1) is 0 Å². The number of aromatic nitrogens is 3. The summed E-state index contributed by atoms with van der Waals surface area (Å²) in [5.74, 6) is 2.12. The molecule has 1 atom stereocenters. The number of ether oxygens (including phenoxy) is 1. The molecule has 0 unspecified atom stereocenters. The molecule has 2 aromatic heterocycles. The lowest BCUT2D eigenvalue weighted by molar-refractivity contribution is 0.0790. The lowest BCUT2D eigenvalue weighted by atomic mass is 10.1. The van der Waals surface area contributed by atoms with Crippen molar-refractivity contribution in [1.29, 1.82) is 0 Å². The second kappa shape index (κ2) is 7.39.